The zero-order chi connectivity index (χ0) is 10.5. The lowest BCUT2D eigenvalue weighted by Crippen LogP contribution is -2.44. The largest absolute Gasteiger partial charge is 0.314 e. The van der Waals surface area contributed by atoms with E-state index in [-0.39, 0.29) is 0 Å². The van der Waals surface area contributed by atoms with Crippen molar-refractivity contribution in [1.82, 2.24) is 15.2 Å². The predicted octanol–water partition coefficient (Wildman–Crippen LogP) is 1.21. The lowest BCUT2D eigenvalue weighted by Gasteiger charge is -2.33. The van der Waals surface area contributed by atoms with Crippen molar-refractivity contribution in [2.45, 2.75) is 6.04 Å². The molecule has 0 unspecified atom stereocenters. The third kappa shape index (κ3) is 2.43. The summed E-state index contributed by atoms with van der Waals surface area (Å²) in [4.78, 5) is 6.49. The highest BCUT2D eigenvalue weighted by molar-refractivity contribution is 5.19. The summed E-state index contributed by atoms with van der Waals surface area (Å²) >= 11 is 0. The van der Waals surface area contributed by atoms with E-state index in [1.807, 2.05) is 18.5 Å². The summed E-state index contributed by atoms with van der Waals surface area (Å²) in [5, 5.41) is 3.36. The number of nitrogens with zero attached hydrogens (tertiary/aromatic N) is 2. The summed E-state index contributed by atoms with van der Waals surface area (Å²) in [5.41, 5.74) is 1.28. The molecule has 1 atom stereocenters. The molecule has 1 aromatic rings. The maximum absolute atomic E-state index is 4.04. The minimum Gasteiger partial charge on any atom is -0.314 e. The molecule has 3 nitrogen and oxygen atoms in total. The fourth-order valence-electron chi connectivity index (χ4n) is 2.02. The van der Waals surface area contributed by atoms with Crippen molar-refractivity contribution in [3.8, 4) is 0 Å². The summed E-state index contributed by atoms with van der Waals surface area (Å²) in [5.74, 6) is 0. The molecular formula is C12H17N3. The highest BCUT2D eigenvalue weighted by Gasteiger charge is 2.18. The topological polar surface area (TPSA) is 28.2 Å². The van der Waals surface area contributed by atoms with Crippen LogP contribution in [-0.2, 0) is 0 Å². The van der Waals surface area contributed by atoms with E-state index >= 15 is 0 Å². The van der Waals surface area contributed by atoms with Gasteiger partial charge in [0.1, 0.15) is 0 Å². The molecule has 1 saturated heterocycles. The first-order valence-corrected chi connectivity index (χ1v) is 5.39. The number of hydrogen-bond acceptors (Lipinski definition) is 3. The molecular weight excluding hydrogens is 186 g/mol. The van der Waals surface area contributed by atoms with Crippen molar-refractivity contribution in [3.63, 3.8) is 0 Å². The number of pyridine rings is 1. The Bertz CT molecular complexity index is 304. The fourth-order valence-corrected chi connectivity index (χ4v) is 2.02. The van der Waals surface area contributed by atoms with Gasteiger partial charge in [0.25, 0.3) is 0 Å². The SMILES string of the molecule is C=C[C@H](c1ccncc1)N1CCNCC1. The van der Waals surface area contributed by atoms with Crippen LogP contribution in [0, 0.1) is 0 Å². The molecule has 15 heavy (non-hydrogen) atoms. The second-order valence-corrected chi connectivity index (χ2v) is 3.75. The van der Waals surface area contributed by atoms with Crippen LogP contribution in [-0.4, -0.2) is 36.1 Å². The van der Waals surface area contributed by atoms with Crippen LogP contribution in [0.5, 0.6) is 0 Å². The summed E-state index contributed by atoms with van der Waals surface area (Å²) in [6.45, 7) is 8.22. The van der Waals surface area contributed by atoms with Crippen LogP contribution < -0.4 is 5.32 Å². The molecule has 0 spiro atoms. The van der Waals surface area contributed by atoms with Gasteiger partial charge in [-0.3, -0.25) is 9.88 Å². The zero-order valence-corrected chi connectivity index (χ0v) is 8.89. The van der Waals surface area contributed by atoms with Crippen LogP contribution in [0.4, 0.5) is 0 Å². The van der Waals surface area contributed by atoms with Gasteiger partial charge < -0.3 is 5.32 Å². The number of piperazine rings is 1. The molecule has 0 bridgehead atoms. The van der Waals surface area contributed by atoms with E-state index < -0.39 is 0 Å². The van der Waals surface area contributed by atoms with Crippen LogP contribution >= 0.6 is 0 Å². The third-order valence-electron chi connectivity index (χ3n) is 2.82. The van der Waals surface area contributed by atoms with Crippen LogP contribution in [0.3, 0.4) is 0 Å². The fraction of sp³-hybridized carbons (Fsp3) is 0.417. The van der Waals surface area contributed by atoms with Gasteiger partial charge in [0.15, 0.2) is 0 Å². The molecule has 0 aliphatic carbocycles. The first-order valence-electron chi connectivity index (χ1n) is 5.39. The molecule has 0 radical (unpaired) electrons. The van der Waals surface area contributed by atoms with Crippen molar-refractivity contribution in [1.29, 1.82) is 0 Å². The van der Waals surface area contributed by atoms with Gasteiger partial charge >= 0.3 is 0 Å². The van der Waals surface area contributed by atoms with E-state index in [1.165, 1.54) is 5.56 Å². The molecule has 0 amide bonds. The Balaban J connectivity index is 2.12. The molecule has 1 fully saturated rings. The number of nitrogens with one attached hydrogen (secondary N) is 1. The van der Waals surface area contributed by atoms with E-state index in [4.69, 9.17) is 0 Å². The minimum atomic E-state index is 0.329. The van der Waals surface area contributed by atoms with Crippen molar-refractivity contribution in [2.75, 3.05) is 26.2 Å². The first-order chi connectivity index (χ1) is 7.42. The van der Waals surface area contributed by atoms with Gasteiger partial charge in [-0.1, -0.05) is 6.08 Å². The van der Waals surface area contributed by atoms with E-state index in [0.717, 1.165) is 26.2 Å². The number of hydrogen-bond donors (Lipinski definition) is 1. The van der Waals surface area contributed by atoms with Crippen molar-refractivity contribution in [2.24, 2.45) is 0 Å². The van der Waals surface area contributed by atoms with Gasteiger partial charge in [-0.05, 0) is 17.7 Å². The molecule has 1 aliphatic heterocycles. The van der Waals surface area contributed by atoms with Crippen LogP contribution in [0.25, 0.3) is 0 Å². The van der Waals surface area contributed by atoms with Crippen LogP contribution in [0.2, 0.25) is 0 Å². The molecule has 3 heteroatoms. The van der Waals surface area contributed by atoms with Crippen LogP contribution in [0.15, 0.2) is 37.2 Å². The molecule has 0 saturated carbocycles. The lowest BCUT2D eigenvalue weighted by atomic mass is 10.1. The zero-order valence-electron chi connectivity index (χ0n) is 8.89. The Labute approximate surface area is 90.8 Å². The maximum atomic E-state index is 4.04. The predicted molar refractivity (Wildman–Crippen MR) is 61.6 cm³/mol. The van der Waals surface area contributed by atoms with Gasteiger partial charge in [-0.2, -0.15) is 0 Å². The summed E-state index contributed by atoms with van der Waals surface area (Å²) in [6, 6.07) is 4.46. The standard InChI is InChI=1S/C12H17N3/c1-2-12(11-3-5-13-6-4-11)15-9-7-14-8-10-15/h2-6,12,14H,1,7-10H2/t12-/m1/s1. The second kappa shape index (κ2) is 5.05. The molecule has 2 rings (SSSR count). The first kappa shape index (κ1) is 10.3. The Morgan fingerprint density at radius 1 is 1.33 bits per heavy atom. The van der Waals surface area contributed by atoms with Gasteiger partial charge in [-0.15, -0.1) is 6.58 Å². The van der Waals surface area contributed by atoms with Crippen molar-refractivity contribution >= 4 is 0 Å². The molecule has 1 aliphatic rings. The molecule has 1 N–H and O–H groups in total. The summed E-state index contributed by atoms with van der Waals surface area (Å²) in [7, 11) is 0. The second-order valence-electron chi connectivity index (χ2n) is 3.75. The van der Waals surface area contributed by atoms with Gasteiger partial charge in [0.2, 0.25) is 0 Å². The van der Waals surface area contributed by atoms with E-state index in [9.17, 15) is 0 Å². The van der Waals surface area contributed by atoms with Crippen molar-refractivity contribution in [3.05, 3.63) is 42.7 Å². The minimum absolute atomic E-state index is 0.329. The summed E-state index contributed by atoms with van der Waals surface area (Å²) in [6.07, 6.45) is 5.70. The monoisotopic (exact) mass is 203 g/mol. The molecule has 80 valence electrons. The molecule has 1 aromatic heterocycles. The van der Waals surface area contributed by atoms with E-state index in [2.05, 4.69) is 33.9 Å². The van der Waals surface area contributed by atoms with E-state index in [0.29, 0.717) is 6.04 Å². The average molecular weight is 203 g/mol. The molecule has 0 aromatic carbocycles. The van der Waals surface area contributed by atoms with Crippen LogP contribution in [0.1, 0.15) is 11.6 Å². The Kier molecular flexibility index (Phi) is 3.48. The van der Waals surface area contributed by atoms with Gasteiger partial charge in [0.05, 0.1) is 6.04 Å². The Morgan fingerprint density at radius 3 is 2.60 bits per heavy atom. The molecule has 2 heterocycles. The quantitative estimate of drug-likeness (QED) is 0.749. The average Bonchev–Trinajstić information content (AvgIpc) is 2.33. The Hall–Kier alpha value is -1.19. The maximum Gasteiger partial charge on any atom is 0.0531 e. The van der Waals surface area contributed by atoms with Crippen molar-refractivity contribution < 1.29 is 0 Å². The highest BCUT2D eigenvalue weighted by Crippen LogP contribution is 2.20. The van der Waals surface area contributed by atoms with E-state index in [1.54, 1.807) is 0 Å². The van der Waals surface area contributed by atoms with Gasteiger partial charge in [0, 0.05) is 38.6 Å². The highest BCUT2D eigenvalue weighted by atomic mass is 15.2. The third-order valence-corrected chi connectivity index (χ3v) is 2.82. The Morgan fingerprint density at radius 2 is 2.00 bits per heavy atom. The lowest BCUT2D eigenvalue weighted by molar-refractivity contribution is 0.203. The summed E-state index contributed by atoms with van der Waals surface area (Å²) < 4.78 is 0. The smallest absolute Gasteiger partial charge is 0.0531 e. The van der Waals surface area contributed by atoms with Gasteiger partial charge in [-0.25, -0.2) is 0 Å². The number of rotatable bonds is 3. The number of aromatic nitrogens is 1. The normalized spacial score (nSPS) is 19.7.